The number of aliphatic hydroxyl groups is 1. The minimum absolute atomic E-state index is 0.145. The number of aliphatic hydroxyl groups excluding tert-OH is 1. The van der Waals surface area contributed by atoms with Crippen molar-refractivity contribution in [3.05, 3.63) is 23.3 Å². The number of rotatable bonds is 6. The molecular weight excluding hydrogens is 206 g/mol. The number of aryl methyl sites for hydroxylation is 1. The highest BCUT2D eigenvalue weighted by atomic mass is 16.5. The van der Waals surface area contributed by atoms with Gasteiger partial charge in [-0.3, -0.25) is 0 Å². The highest BCUT2D eigenvalue weighted by Crippen LogP contribution is 2.30. The van der Waals surface area contributed by atoms with Crippen LogP contribution in [0.3, 0.4) is 0 Å². The molecule has 0 spiro atoms. The van der Waals surface area contributed by atoms with Crippen LogP contribution < -0.4 is 14.8 Å². The quantitative estimate of drug-likeness (QED) is 0.712. The smallest absolute Gasteiger partial charge is 0.161 e. The second kappa shape index (κ2) is 6.35. The summed E-state index contributed by atoms with van der Waals surface area (Å²) in [5.41, 5.74) is 2.29. The Morgan fingerprint density at radius 3 is 2.38 bits per heavy atom. The van der Waals surface area contributed by atoms with Gasteiger partial charge in [0.25, 0.3) is 0 Å². The van der Waals surface area contributed by atoms with Crippen LogP contribution in [0.15, 0.2) is 12.1 Å². The molecule has 0 heterocycles. The Morgan fingerprint density at radius 2 is 1.81 bits per heavy atom. The third-order valence-electron chi connectivity index (χ3n) is 2.45. The van der Waals surface area contributed by atoms with Crippen molar-refractivity contribution < 1.29 is 14.6 Å². The number of nitrogens with one attached hydrogen (secondary N) is 1. The molecule has 1 aromatic rings. The van der Waals surface area contributed by atoms with E-state index in [1.54, 1.807) is 14.2 Å². The van der Waals surface area contributed by atoms with Crippen LogP contribution in [0, 0.1) is 6.92 Å². The standard InChI is InChI=1S/C12H19NO3/c1-9-6-11(15-2)12(16-3)7-10(9)8-13-4-5-14/h6-7,13-14H,4-5,8H2,1-3H3. The molecule has 0 atom stereocenters. The fourth-order valence-electron chi connectivity index (χ4n) is 1.52. The molecule has 1 aromatic carbocycles. The molecule has 4 nitrogen and oxygen atoms in total. The van der Waals surface area contributed by atoms with E-state index in [4.69, 9.17) is 14.6 Å². The van der Waals surface area contributed by atoms with Gasteiger partial charge in [-0.1, -0.05) is 0 Å². The zero-order valence-corrected chi connectivity index (χ0v) is 10.0. The van der Waals surface area contributed by atoms with Crippen LogP contribution in [0.5, 0.6) is 11.5 Å². The number of hydrogen-bond acceptors (Lipinski definition) is 4. The van der Waals surface area contributed by atoms with E-state index in [0.29, 0.717) is 13.1 Å². The molecule has 2 N–H and O–H groups in total. The molecule has 0 aliphatic carbocycles. The van der Waals surface area contributed by atoms with E-state index in [0.717, 1.165) is 22.6 Å². The summed E-state index contributed by atoms with van der Waals surface area (Å²) >= 11 is 0. The normalized spacial score (nSPS) is 10.2. The van der Waals surface area contributed by atoms with Gasteiger partial charge in [-0.05, 0) is 30.2 Å². The monoisotopic (exact) mass is 225 g/mol. The zero-order chi connectivity index (χ0) is 12.0. The van der Waals surface area contributed by atoms with Crippen molar-refractivity contribution in [1.82, 2.24) is 5.32 Å². The molecule has 16 heavy (non-hydrogen) atoms. The van der Waals surface area contributed by atoms with Crippen molar-refractivity contribution >= 4 is 0 Å². The highest BCUT2D eigenvalue weighted by molar-refractivity contribution is 5.46. The van der Waals surface area contributed by atoms with Crippen molar-refractivity contribution in [2.75, 3.05) is 27.4 Å². The van der Waals surface area contributed by atoms with Crippen LogP contribution in [0.25, 0.3) is 0 Å². The topological polar surface area (TPSA) is 50.7 Å². The lowest BCUT2D eigenvalue weighted by molar-refractivity contribution is 0.292. The SMILES string of the molecule is COc1cc(C)c(CNCCO)cc1OC. The third kappa shape index (κ3) is 3.12. The van der Waals surface area contributed by atoms with Gasteiger partial charge >= 0.3 is 0 Å². The molecule has 1 rings (SSSR count). The van der Waals surface area contributed by atoms with Gasteiger partial charge in [0.2, 0.25) is 0 Å². The molecule has 0 aromatic heterocycles. The van der Waals surface area contributed by atoms with Crippen LogP contribution >= 0.6 is 0 Å². The Bertz CT molecular complexity index is 339. The number of hydrogen-bond donors (Lipinski definition) is 2. The predicted molar refractivity (Wildman–Crippen MR) is 63.1 cm³/mol. The molecule has 0 saturated heterocycles. The Hall–Kier alpha value is -1.26. The van der Waals surface area contributed by atoms with Crippen molar-refractivity contribution in [3.8, 4) is 11.5 Å². The van der Waals surface area contributed by atoms with Gasteiger partial charge in [0.05, 0.1) is 20.8 Å². The van der Waals surface area contributed by atoms with Gasteiger partial charge in [0, 0.05) is 13.1 Å². The van der Waals surface area contributed by atoms with Crippen LogP contribution in [-0.4, -0.2) is 32.5 Å². The minimum Gasteiger partial charge on any atom is -0.493 e. The Balaban J connectivity index is 2.84. The summed E-state index contributed by atoms with van der Waals surface area (Å²) in [6.45, 7) is 3.48. The first kappa shape index (κ1) is 12.8. The average molecular weight is 225 g/mol. The maximum Gasteiger partial charge on any atom is 0.161 e. The molecule has 0 radical (unpaired) electrons. The second-order valence-corrected chi connectivity index (χ2v) is 3.53. The number of ether oxygens (including phenoxy) is 2. The molecule has 90 valence electrons. The summed E-state index contributed by atoms with van der Waals surface area (Å²) in [4.78, 5) is 0. The van der Waals surface area contributed by atoms with E-state index in [9.17, 15) is 0 Å². The minimum atomic E-state index is 0.145. The second-order valence-electron chi connectivity index (χ2n) is 3.53. The summed E-state index contributed by atoms with van der Waals surface area (Å²) in [5, 5.41) is 11.8. The molecule has 0 bridgehead atoms. The molecule has 0 amide bonds. The highest BCUT2D eigenvalue weighted by Gasteiger charge is 2.07. The maximum absolute atomic E-state index is 8.69. The van der Waals surface area contributed by atoms with E-state index >= 15 is 0 Å². The van der Waals surface area contributed by atoms with Gasteiger partial charge in [0.15, 0.2) is 11.5 Å². The van der Waals surface area contributed by atoms with Crippen LogP contribution in [-0.2, 0) is 6.54 Å². The summed E-state index contributed by atoms with van der Waals surface area (Å²) in [5.74, 6) is 1.47. The Morgan fingerprint density at radius 1 is 1.19 bits per heavy atom. The maximum atomic E-state index is 8.69. The van der Waals surface area contributed by atoms with Crippen LogP contribution in [0.1, 0.15) is 11.1 Å². The molecule has 0 fully saturated rings. The fourth-order valence-corrected chi connectivity index (χ4v) is 1.52. The van der Waals surface area contributed by atoms with Crippen molar-refractivity contribution in [2.24, 2.45) is 0 Å². The lowest BCUT2D eigenvalue weighted by Crippen LogP contribution is -2.18. The first-order chi connectivity index (χ1) is 7.72. The fraction of sp³-hybridized carbons (Fsp3) is 0.500. The number of benzene rings is 1. The summed E-state index contributed by atoms with van der Waals surface area (Å²) < 4.78 is 10.4. The van der Waals surface area contributed by atoms with E-state index in [2.05, 4.69) is 5.32 Å². The van der Waals surface area contributed by atoms with Crippen LogP contribution in [0.4, 0.5) is 0 Å². The van der Waals surface area contributed by atoms with E-state index in [1.807, 2.05) is 19.1 Å². The summed E-state index contributed by atoms with van der Waals surface area (Å²) in [7, 11) is 3.25. The van der Waals surface area contributed by atoms with Gasteiger partial charge in [-0.2, -0.15) is 0 Å². The third-order valence-corrected chi connectivity index (χ3v) is 2.45. The van der Waals surface area contributed by atoms with Gasteiger partial charge in [0.1, 0.15) is 0 Å². The van der Waals surface area contributed by atoms with Gasteiger partial charge in [-0.25, -0.2) is 0 Å². The van der Waals surface area contributed by atoms with E-state index in [-0.39, 0.29) is 6.61 Å². The molecule has 0 saturated carbocycles. The first-order valence-electron chi connectivity index (χ1n) is 5.26. The van der Waals surface area contributed by atoms with Gasteiger partial charge < -0.3 is 19.9 Å². The lowest BCUT2D eigenvalue weighted by Gasteiger charge is -2.13. The Labute approximate surface area is 96.2 Å². The van der Waals surface area contributed by atoms with Gasteiger partial charge in [-0.15, -0.1) is 0 Å². The van der Waals surface area contributed by atoms with E-state index < -0.39 is 0 Å². The van der Waals surface area contributed by atoms with Crippen LogP contribution in [0.2, 0.25) is 0 Å². The van der Waals surface area contributed by atoms with Crippen molar-refractivity contribution in [2.45, 2.75) is 13.5 Å². The number of methoxy groups -OCH3 is 2. The summed E-state index contributed by atoms with van der Waals surface area (Å²) in [6.07, 6.45) is 0. The average Bonchev–Trinajstić information content (AvgIpc) is 2.31. The lowest BCUT2D eigenvalue weighted by atomic mass is 10.1. The largest absolute Gasteiger partial charge is 0.493 e. The van der Waals surface area contributed by atoms with E-state index in [1.165, 1.54) is 0 Å². The molecule has 4 heteroatoms. The summed E-state index contributed by atoms with van der Waals surface area (Å²) in [6, 6.07) is 3.91. The molecule has 0 unspecified atom stereocenters. The Kier molecular flexibility index (Phi) is 5.08. The molecular formula is C12H19NO3. The van der Waals surface area contributed by atoms with Crippen molar-refractivity contribution in [3.63, 3.8) is 0 Å². The van der Waals surface area contributed by atoms with Crippen molar-refractivity contribution in [1.29, 1.82) is 0 Å². The molecule has 0 aliphatic heterocycles. The first-order valence-corrected chi connectivity index (χ1v) is 5.26. The predicted octanol–water partition coefficient (Wildman–Crippen LogP) is 1.09. The molecule has 0 aliphatic rings. The zero-order valence-electron chi connectivity index (χ0n) is 10.0.